The third-order valence-corrected chi connectivity index (χ3v) is 2.20. The SMILES string of the molecule is CNCc1ccc(Cc2ccncc2)o1. The van der Waals surface area contributed by atoms with E-state index < -0.39 is 0 Å². The molecule has 0 saturated heterocycles. The fourth-order valence-corrected chi connectivity index (χ4v) is 1.49. The Bertz CT molecular complexity index is 409. The number of hydrogen-bond donors (Lipinski definition) is 1. The van der Waals surface area contributed by atoms with Crippen molar-refractivity contribution in [2.75, 3.05) is 7.05 Å². The summed E-state index contributed by atoms with van der Waals surface area (Å²) < 4.78 is 5.65. The third kappa shape index (κ3) is 2.67. The fraction of sp³-hybridized carbons (Fsp3) is 0.250. The summed E-state index contributed by atoms with van der Waals surface area (Å²) in [5, 5.41) is 3.06. The molecule has 2 aromatic heterocycles. The minimum atomic E-state index is 0.774. The van der Waals surface area contributed by atoms with Crippen LogP contribution in [0.5, 0.6) is 0 Å². The molecule has 0 bridgehead atoms. The van der Waals surface area contributed by atoms with Crippen molar-refractivity contribution in [2.24, 2.45) is 0 Å². The molecule has 2 heterocycles. The Morgan fingerprint density at radius 3 is 2.60 bits per heavy atom. The van der Waals surface area contributed by atoms with E-state index in [0.717, 1.165) is 24.5 Å². The summed E-state index contributed by atoms with van der Waals surface area (Å²) in [5.74, 6) is 1.97. The Kier molecular flexibility index (Phi) is 3.15. The van der Waals surface area contributed by atoms with Gasteiger partial charge in [-0.3, -0.25) is 4.98 Å². The quantitative estimate of drug-likeness (QED) is 0.823. The number of pyridine rings is 1. The number of nitrogens with one attached hydrogen (secondary N) is 1. The maximum absolute atomic E-state index is 5.65. The molecule has 0 aromatic carbocycles. The molecule has 0 aliphatic rings. The summed E-state index contributed by atoms with van der Waals surface area (Å²) in [5.41, 5.74) is 1.22. The molecule has 0 spiro atoms. The van der Waals surface area contributed by atoms with Gasteiger partial charge in [0, 0.05) is 18.8 Å². The van der Waals surface area contributed by atoms with E-state index >= 15 is 0 Å². The largest absolute Gasteiger partial charge is 0.464 e. The maximum Gasteiger partial charge on any atom is 0.117 e. The summed E-state index contributed by atoms with van der Waals surface area (Å²) in [6, 6.07) is 8.03. The average Bonchev–Trinajstić information content (AvgIpc) is 2.68. The highest BCUT2D eigenvalue weighted by Gasteiger charge is 2.02. The molecule has 2 rings (SSSR count). The summed E-state index contributed by atoms with van der Waals surface area (Å²) in [7, 11) is 1.91. The molecule has 0 fully saturated rings. The van der Waals surface area contributed by atoms with Crippen LogP contribution in [-0.2, 0) is 13.0 Å². The van der Waals surface area contributed by atoms with Crippen molar-refractivity contribution >= 4 is 0 Å². The monoisotopic (exact) mass is 202 g/mol. The number of furan rings is 1. The van der Waals surface area contributed by atoms with Crippen LogP contribution in [0, 0.1) is 0 Å². The molecule has 0 aliphatic carbocycles. The molecule has 0 atom stereocenters. The van der Waals surface area contributed by atoms with Gasteiger partial charge in [-0.2, -0.15) is 0 Å². The first-order chi connectivity index (χ1) is 7.38. The molecule has 15 heavy (non-hydrogen) atoms. The molecule has 0 radical (unpaired) electrons. The Morgan fingerprint density at radius 2 is 1.87 bits per heavy atom. The van der Waals surface area contributed by atoms with E-state index in [-0.39, 0.29) is 0 Å². The summed E-state index contributed by atoms with van der Waals surface area (Å²) in [6.07, 6.45) is 4.42. The second kappa shape index (κ2) is 4.75. The average molecular weight is 202 g/mol. The molecule has 0 unspecified atom stereocenters. The van der Waals surface area contributed by atoms with Gasteiger partial charge in [0.05, 0.1) is 6.54 Å². The van der Waals surface area contributed by atoms with E-state index in [0.29, 0.717) is 0 Å². The molecular formula is C12H14N2O. The second-order valence-corrected chi connectivity index (χ2v) is 3.43. The lowest BCUT2D eigenvalue weighted by Crippen LogP contribution is -2.03. The zero-order valence-electron chi connectivity index (χ0n) is 8.73. The van der Waals surface area contributed by atoms with Crippen LogP contribution in [0.4, 0.5) is 0 Å². The van der Waals surface area contributed by atoms with Crippen LogP contribution < -0.4 is 5.32 Å². The molecule has 1 N–H and O–H groups in total. The zero-order valence-corrected chi connectivity index (χ0v) is 8.73. The van der Waals surface area contributed by atoms with Crippen LogP contribution in [0.2, 0.25) is 0 Å². The van der Waals surface area contributed by atoms with E-state index in [1.165, 1.54) is 5.56 Å². The van der Waals surface area contributed by atoms with E-state index in [1.807, 2.05) is 31.3 Å². The molecule has 3 heteroatoms. The minimum absolute atomic E-state index is 0.774. The zero-order chi connectivity index (χ0) is 10.5. The summed E-state index contributed by atoms with van der Waals surface area (Å²) >= 11 is 0. The number of nitrogens with zero attached hydrogens (tertiary/aromatic N) is 1. The Balaban J connectivity index is 2.05. The van der Waals surface area contributed by atoms with E-state index in [1.54, 1.807) is 12.4 Å². The van der Waals surface area contributed by atoms with E-state index in [9.17, 15) is 0 Å². The molecule has 2 aromatic rings. The lowest BCUT2D eigenvalue weighted by Gasteiger charge is -1.97. The van der Waals surface area contributed by atoms with Gasteiger partial charge in [0.25, 0.3) is 0 Å². The Labute approximate surface area is 89.1 Å². The number of rotatable bonds is 4. The second-order valence-electron chi connectivity index (χ2n) is 3.43. The van der Waals surface area contributed by atoms with Crippen molar-refractivity contribution < 1.29 is 4.42 Å². The fourth-order valence-electron chi connectivity index (χ4n) is 1.49. The topological polar surface area (TPSA) is 38.1 Å². The minimum Gasteiger partial charge on any atom is -0.464 e. The van der Waals surface area contributed by atoms with Crippen molar-refractivity contribution in [3.8, 4) is 0 Å². The first-order valence-electron chi connectivity index (χ1n) is 4.99. The van der Waals surface area contributed by atoms with Gasteiger partial charge in [-0.25, -0.2) is 0 Å². The van der Waals surface area contributed by atoms with Gasteiger partial charge >= 0.3 is 0 Å². The van der Waals surface area contributed by atoms with E-state index in [2.05, 4.69) is 10.3 Å². The molecule has 78 valence electrons. The van der Waals surface area contributed by atoms with Crippen LogP contribution in [0.3, 0.4) is 0 Å². The van der Waals surface area contributed by atoms with Crippen LogP contribution in [-0.4, -0.2) is 12.0 Å². The first-order valence-corrected chi connectivity index (χ1v) is 4.99. The van der Waals surface area contributed by atoms with Crippen molar-refractivity contribution in [1.82, 2.24) is 10.3 Å². The van der Waals surface area contributed by atoms with Gasteiger partial charge in [0.1, 0.15) is 11.5 Å². The predicted octanol–water partition coefficient (Wildman–Crippen LogP) is 1.98. The first kappa shape index (κ1) is 9.93. The molecule has 0 aliphatic heterocycles. The molecule has 0 saturated carbocycles. The van der Waals surface area contributed by atoms with Gasteiger partial charge in [-0.15, -0.1) is 0 Å². The lowest BCUT2D eigenvalue weighted by atomic mass is 10.2. The highest BCUT2D eigenvalue weighted by molar-refractivity contribution is 5.18. The molecular weight excluding hydrogens is 188 g/mol. The number of hydrogen-bond acceptors (Lipinski definition) is 3. The normalized spacial score (nSPS) is 10.5. The van der Waals surface area contributed by atoms with Gasteiger partial charge in [-0.05, 0) is 36.9 Å². The molecule has 0 amide bonds. The van der Waals surface area contributed by atoms with Crippen LogP contribution in [0.15, 0.2) is 41.1 Å². The Morgan fingerprint density at radius 1 is 1.13 bits per heavy atom. The predicted molar refractivity (Wildman–Crippen MR) is 58.5 cm³/mol. The van der Waals surface area contributed by atoms with Crippen molar-refractivity contribution in [3.63, 3.8) is 0 Å². The van der Waals surface area contributed by atoms with E-state index in [4.69, 9.17) is 4.42 Å². The maximum atomic E-state index is 5.65. The van der Waals surface area contributed by atoms with Crippen LogP contribution in [0.25, 0.3) is 0 Å². The summed E-state index contributed by atoms with van der Waals surface area (Å²) in [6.45, 7) is 0.774. The smallest absolute Gasteiger partial charge is 0.117 e. The van der Waals surface area contributed by atoms with Gasteiger partial charge < -0.3 is 9.73 Å². The van der Waals surface area contributed by atoms with Gasteiger partial charge in [-0.1, -0.05) is 0 Å². The number of aromatic nitrogens is 1. The van der Waals surface area contributed by atoms with Crippen molar-refractivity contribution in [3.05, 3.63) is 53.7 Å². The third-order valence-electron chi connectivity index (χ3n) is 2.20. The van der Waals surface area contributed by atoms with Gasteiger partial charge in [0.2, 0.25) is 0 Å². The highest BCUT2D eigenvalue weighted by Crippen LogP contribution is 2.12. The lowest BCUT2D eigenvalue weighted by molar-refractivity contribution is 0.462. The standard InChI is InChI=1S/C12H14N2O/c1-13-9-12-3-2-11(15-12)8-10-4-6-14-7-5-10/h2-7,13H,8-9H2,1H3. The van der Waals surface area contributed by atoms with Crippen LogP contribution >= 0.6 is 0 Å². The van der Waals surface area contributed by atoms with Crippen molar-refractivity contribution in [1.29, 1.82) is 0 Å². The summed E-state index contributed by atoms with van der Waals surface area (Å²) in [4.78, 5) is 3.98. The van der Waals surface area contributed by atoms with Crippen LogP contribution in [0.1, 0.15) is 17.1 Å². The highest BCUT2D eigenvalue weighted by atomic mass is 16.3. The Hall–Kier alpha value is -1.61. The molecule has 3 nitrogen and oxygen atoms in total. The van der Waals surface area contributed by atoms with Gasteiger partial charge in [0.15, 0.2) is 0 Å². The van der Waals surface area contributed by atoms with Crippen molar-refractivity contribution in [2.45, 2.75) is 13.0 Å².